The summed E-state index contributed by atoms with van der Waals surface area (Å²) in [7, 11) is 1.23. The zero-order chi connectivity index (χ0) is 22.5. The zero-order valence-corrected chi connectivity index (χ0v) is 18.2. The fourth-order valence-corrected chi connectivity index (χ4v) is 3.18. The van der Waals surface area contributed by atoms with Crippen LogP contribution in [0.3, 0.4) is 0 Å². The average molecular weight is 457 g/mol. The number of carbonyl (C=O) groups is 3. The largest absolute Gasteiger partial charge is 0.465 e. The predicted molar refractivity (Wildman–Crippen MR) is 121 cm³/mol. The van der Waals surface area contributed by atoms with Crippen LogP contribution in [0.15, 0.2) is 60.7 Å². The van der Waals surface area contributed by atoms with E-state index < -0.39 is 17.8 Å². The summed E-state index contributed by atoms with van der Waals surface area (Å²) in [5.41, 5.74) is 2.11. The number of hydrogen-bond acceptors (Lipinski definition) is 4. The summed E-state index contributed by atoms with van der Waals surface area (Å²) in [5, 5.41) is 6.07. The van der Waals surface area contributed by atoms with Gasteiger partial charge < -0.3 is 15.4 Å². The Morgan fingerprint density at radius 3 is 2.16 bits per heavy atom. The van der Waals surface area contributed by atoms with Gasteiger partial charge in [0.25, 0.3) is 11.8 Å². The number of methoxy groups -OCH3 is 1. The molecule has 3 aromatic rings. The molecule has 0 aliphatic carbocycles. The summed E-state index contributed by atoms with van der Waals surface area (Å²) in [5.74, 6) is -1.57. The van der Waals surface area contributed by atoms with Crippen LogP contribution in [-0.4, -0.2) is 24.9 Å². The van der Waals surface area contributed by atoms with E-state index in [4.69, 9.17) is 27.9 Å². The zero-order valence-electron chi connectivity index (χ0n) is 16.7. The first-order valence-electron chi connectivity index (χ1n) is 9.15. The van der Waals surface area contributed by atoms with E-state index in [1.807, 2.05) is 13.0 Å². The molecule has 0 saturated carbocycles. The third kappa shape index (κ3) is 5.42. The Morgan fingerprint density at radius 2 is 1.48 bits per heavy atom. The van der Waals surface area contributed by atoms with E-state index in [9.17, 15) is 14.4 Å². The molecule has 0 spiro atoms. The SMILES string of the molecule is COC(=O)c1ccc(C(=O)Nc2cc(Cl)ccc2Cl)cc1NC(=O)c1cccc(C)c1. The Bertz CT molecular complexity index is 1180. The normalized spacial score (nSPS) is 10.3. The van der Waals surface area contributed by atoms with E-state index in [0.29, 0.717) is 21.3 Å². The van der Waals surface area contributed by atoms with E-state index in [2.05, 4.69) is 10.6 Å². The van der Waals surface area contributed by atoms with E-state index in [0.717, 1.165) is 5.56 Å². The van der Waals surface area contributed by atoms with Crippen molar-refractivity contribution in [2.45, 2.75) is 6.92 Å². The van der Waals surface area contributed by atoms with Crippen molar-refractivity contribution in [3.8, 4) is 0 Å². The number of esters is 1. The molecular weight excluding hydrogens is 439 g/mol. The van der Waals surface area contributed by atoms with E-state index >= 15 is 0 Å². The Kier molecular flexibility index (Phi) is 6.95. The number of rotatable bonds is 5. The van der Waals surface area contributed by atoms with Gasteiger partial charge >= 0.3 is 5.97 Å². The lowest BCUT2D eigenvalue weighted by atomic mass is 10.1. The molecule has 0 aliphatic rings. The molecule has 0 radical (unpaired) electrons. The predicted octanol–water partition coefficient (Wildman–Crippen LogP) is 5.59. The fraction of sp³-hybridized carbons (Fsp3) is 0.0870. The second kappa shape index (κ2) is 9.64. The van der Waals surface area contributed by atoms with Gasteiger partial charge in [0.2, 0.25) is 0 Å². The molecule has 3 rings (SSSR count). The van der Waals surface area contributed by atoms with Gasteiger partial charge in [0.05, 0.1) is 29.1 Å². The standard InChI is InChI=1S/C23H18Cl2N2O4/c1-13-4-3-5-14(10-13)21(28)26-19-11-15(6-8-17(19)23(30)31-2)22(29)27-20-12-16(24)7-9-18(20)25/h3-12H,1-2H3,(H,26,28)(H,27,29). The summed E-state index contributed by atoms with van der Waals surface area (Å²) in [6.45, 7) is 1.86. The highest BCUT2D eigenvalue weighted by molar-refractivity contribution is 6.36. The van der Waals surface area contributed by atoms with Crippen molar-refractivity contribution in [1.29, 1.82) is 0 Å². The first kappa shape index (κ1) is 22.3. The maximum Gasteiger partial charge on any atom is 0.339 e. The Hall–Kier alpha value is -3.35. The van der Waals surface area contributed by atoms with Crippen LogP contribution < -0.4 is 10.6 Å². The average Bonchev–Trinajstić information content (AvgIpc) is 2.75. The molecule has 158 valence electrons. The monoisotopic (exact) mass is 456 g/mol. The molecule has 0 heterocycles. The van der Waals surface area contributed by atoms with Crippen LogP contribution >= 0.6 is 23.2 Å². The summed E-state index contributed by atoms with van der Waals surface area (Å²) < 4.78 is 4.79. The van der Waals surface area contributed by atoms with Crippen LogP contribution in [0.1, 0.15) is 36.6 Å². The van der Waals surface area contributed by atoms with Gasteiger partial charge in [0.15, 0.2) is 0 Å². The molecule has 6 nitrogen and oxygen atoms in total. The van der Waals surface area contributed by atoms with Crippen molar-refractivity contribution < 1.29 is 19.1 Å². The number of nitrogens with one attached hydrogen (secondary N) is 2. The highest BCUT2D eigenvalue weighted by atomic mass is 35.5. The topological polar surface area (TPSA) is 84.5 Å². The van der Waals surface area contributed by atoms with Gasteiger partial charge in [-0.2, -0.15) is 0 Å². The van der Waals surface area contributed by atoms with Crippen LogP contribution in [0, 0.1) is 6.92 Å². The minimum Gasteiger partial charge on any atom is -0.465 e. The quantitative estimate of drug-likeness (QED) is 0.489. The number of aryl methyl sites for hydroxylation is 1. The van der Waals surface area contributed by atoms with Crippen LogP contribution in [0.2, 0.25) is 10.0 Å². The molecule has 31 heavy (non-hydrogen) atoms. The lowest BCUT2D eigenvalue weighted by molar-refractivity contribution is 0.0601. The highest BCUT2D eigenvalue weighted by Crippen LogP contribution is 2.27. The molecule has 3 aromatic carbocycles. The Balaban J connectivity index is 1.92. The Labute approximate surface area is 189 Å². The van der Waals surface area contributed by atoms with E-state index in [1.54, 1.807) is 30.3 Å². The van der Waals surface area contributed by atoms with Crippen LogP contribution in [0.4, 0.5) is 11.4 Å². The number of benzene rings is 3. The molecule has 0 aromatic heterocycles. The third-order valence-corrected chi connectivity index (χ3v) is 4.96. The molecule has 0 saturated heterocycles. The second-order valence-corrected chi connectivity index (χ2v) is 7.50. The summed E-state index contributed by atoms with van der Waals surface area (Å²) >= 11 is 12.1. The van der Waals surface area contributed by atoms with Crippen molar-refractivity contribution in [2.75, 3.05) is 17.7 Å². The number of halogens is 2. The number of ether oxygens (including phenoxy) is 1. The number of carbonyl (C=O) groups excluding carboxylic acids is 3. The van der Waals surface area contributed by atoms with Crippen molar-refractivity contribution >= 4 is 52.4 Å². The molecule has 0 atom stereocenters. The molecule has 0 fully saturated rings. The maximum atomic E-state index is 12.7. The first-order valence-corrected chi connectivity index (χ1v) is 9.91. The Morgan fingerprint density at radius 1 is 0.806 bits per heavy atom. The van der Waals surface area contributed by atoms with E-state index in [1.165, 1.54) is 31.4 Å². The fourth-order valence-electron chi connectivity index (χ4n) is 2.85. The van der Waals surface area contributed by atoms with Gasteiger partial charge in [0, 0.05) is 16.1 Å². The van der Waals surface area contributed by atoms with Gasteiger partial charge in [-0.3, -0.25) is 9.59 Å². The van der Waals surface area contributed by atoms with Crippen LogP contribution in [0.5, 0.6) is 0 Å². The minimum atomic E-state index is -0.649. The van der Waals surface area contributed by atoms with Crippen molar-refractivity contribution in [3.05, 3.63) is 93.0 Å². The second-order valence-electron chi connectivity index (χ2n) is 6.65. The smallest absolute Gasteiger partial charge is 0.339 e. The number of amides is 2. The molecule has 0 aliphatic heterocycles. The van der Waals surface area contributed by atoms with Crippen molar-refractivity contribution in [2.24, 2.45) is 0 Å². The summed E-state index contributed by atoms with van der Waals surface area (Å²) in [6.07, 6.45) is 0. The number of hydrogen-bond donors (Lipinski definition) is 2. The van der Waals surface area contributed by atoms with Gasteiger partial charge in [-0.1, -0.05) is 40.9 Å². The lowest BCUT2D eigenvalue weighted by Gasteiger charge is -2.13. The summed E-state index contributed by atoms with van der Waals surface area (Å²) in [6, 6.07) is 15.9. The maximum absolute atomic E-state index is 12.7. The van der Waals surface area contributed by atoms with Crippen LogP contribution in [-0.2, 0) is 4.74 Å². The van der Waals surface area contributed by atoms with Gasteiger partial charge in [-0.05, 0) is 55.5 Å². The highest BCUT2D eigenvalue weighted by Gasteiger charge is 2.18. The molecule has 2 amide bonds. The summed E-state index contributed by atoms with van der Waals surface area (Å²) in [4.78, 5) is 37.6. The lowest BCUT2D eigenvalue weighted by Crippen LogP contribution is -2.18. The molecular formula is C23H18Cl2N2O4. The molecule has 2 N–H and O–H groups in total. The number of anilines is 2. The third-order valence-electron chi connectivity index (χ3n) is 4.39. The van der Waals surface area contributed by atoms with Gasteiger partial charge in [-0.25, -0.2) is 4.79 Å². The van der Waals surface area contributed by atoms with Crippen molar-refractivity contribution in [1.82, 2.24) is 0 Å². The van der Waals surface area contributed by atoms with Crippen molar-refractivity contribution in [3.63, 3.8) is 0 Å². The molecule has 0 bridgehead atoms. The van der Waals surface area contributed by atoms with Gasteiger partial charge in [0.1, 0.15) is 0 Å². The minimum absolute atomic E-state index is 0.112. The first-order chi connectivity index (χ1) is 14.8. The van der Waals surface area contributed by atoms with E-state index in [-0.39, 0.29) is 16.8 Å². The molecule has 8 heteroatoms. The van der Waals surface area contributed by atoms with Gasteiger partial charge in [-0.15, -0.1) is 0 Å². The molecule has 0 unspecified atom stereocenters. The van der Waals surface area contributed by atoms with Crippen LogP contribution in [0.25, 0.3) is 0 Å².